The summed E-state index contributed by atoms with van der Waals surface area (Å²) in [6.45, 7) is 8.72. The van der Waals surface area contributed by atoms with Gasteiger partial charge in [-0.15, -0.1) is 0 Å². The largest absolute Gasteiger partial charge is 0.489 e. The predicted molar refractivity (Wildman–Crippen MR) is 77.2 cm³/mol. The van der Waals surface area contributed by atoms with Crippen LogP contribution in [0.15, 0.2) is 18.2 Å². The van der Waals surface area contributed by atoms with E-state index in [0.717, 1.165) is 30.6 Å². The molecule has 0 saturated heterocycles. The summed E-state index contributed by atoms with van der Waals surface area (Å²) in [5.74, 6) is 0.988. The Morgan fingerprint density at radius 1 is 1.26 bits per heavy atom. The Hall–Kier alpha value is -1.49. The summed E-state index contributed by atoms with van der Waals surface area (Å²) in [5.41, 5.74) is 2.64. The van der Waals surface area contributed by atoms with Crippen molar-refractivity contribution in [3.05, 3.63) is 29.3 Å². The molecule has 2 rings (SSSR count). The minimum Gasteiger partial charge on any atom is -0.489 e. The van der Waals surface area contributed by atoms with Crippen molar-refractivity contribution < 1.29 is 4.74 Å². The summed E-state index contributed by atoms with van der Waals surface area (Å²) >= 11 is 0. The molecular weight excluding hydrogens is 234 g/mol. The number of nitrogens with zero attached hydrogens (tertiary/aromatic N) is 1. The van der Waals surface area contributed by atoms with Crippen LogP contribution in [0.2, 0.25) is 0 Å². The lowest BCUT2D eigenvalue weighted by Crippen LogP contribution is -2.20. The van der Waals surface area contributed by atoms with Gasteiger partial charge in [0.05, 0.1) is 12.0 Å². The summed E-state index contributed by atoms with van der Waals surface area (Å²) in [5, 5.41) is 9.10. The first kappa shape index (κ1) is 13.9. The lowest BCUT2D eigenvalue weighted by molar-refractivity contribution is 0.181. The van der Waals surface area contributed by atoms with Gasteiger partial charge in [-0.05, 0) is 48.8 Å². The third kappa shape index (κ3) is 3.10. The highest BCUT2D eigenvalue weighted by atomic mass is 16.5. The van der Waals surface area contributed by atoms with Crippen LogP contribution in [0, 0.1) is 24.2 Å². The molecule has 2 unspecified atom stereocenters. The average molecular weight is 257 g/mol. The Morgan fingerprint density at radius 2 is 2.00 bits per heavy atom. The fourth-order valence-electron chi connectivity index (χ4n) is 2.63. The van der Waals surface area contributed by atoms with E-state index in [1.165, 1.54) is 5.56 Å². The van der Waals surface area contributed by atoms with Crippen molar-refractivity contribution in [2.24, 2.45) is 5.92 Å². The minimum atomic E-state index is 0.0571. The first-order valence-corrected chi connectivity index (χ1v) is 7.09. The van der Waals surface area contributed by atoms with Crippen LogP contribution in [0.5, 0.6) is 5.75 Å². The molecule has 1 fully saturated rings. The van der Waals surface area contributed by atoms with Crippen LogP contribution in [0.4, 0.5) is 0 Å². The standard InChI is InChI=1S/C17H23NO/c1-12-10-14(17(2,3)4)8-9-15(12)19-16-7-5-6-13(16)11-18/h8-10,13,16H,5-7H2,1-4H3. The number of hydrogen-bond donors (Lipinski definition) is 0. The Labute approximate surface area is 116 Å². The van der Waals surface area contributed by atoms with E-state index in [2.05, 4.69) is 52.0 Å². The monoisotopic (exact) mass is 257 g/mol. The van der Waals surface area contributed by atoms with Crippen molar-refractivity contribution >= 4 is 0 Å². The maximum absolute atomic E-state index is 9.10. The molecule has 0 radical (unpaired) electrons. The van der Waals surface area contributed by atoms with Gasteiger partial charge in [-0.2, -0.15) is 5.26 Å². The number of ether oxygens (including phenoxy) is 1. The van der Waals surface area contributed by atoms with Gasteiger partial charge in [0.15, 0.2) is 0 Å². The zero-order valence-electron chi connectivity index (χ0n) is 12.4. The van der Waals surface area contributed by atoms with Gasteiger partial charge in [0.25, 0.3) is 0 Å². The van der Waals surface area contributed by atoms with E-state index in [1.54, 1.807) is 0 Å². The molecule has 19 heavy (non-hydrogen) atoms. The highest BCUT2D eigenvalue weighted by Crippen LogP contribution is 2.32. The molecule has 0 bridgehead atoms. The van der Waals surface area contributed by atoms with E-state index >= 15 is 0 Å². The fourth-order valence-corrected chi connectivity index (χ4v) is 2.63. The van der Waals surface area contributed by atoms with Gasteiger partial charge in [-0.1, -0.05) is 32.9 Å². The smallest absolute Gasteiger partial charge is 0.122 e. The van der Waals surface area contributed by atoms with Gasteiger partial charge in [0, 0.05) is 0 Å². The van der Waals surface area contributed by atoms with Crippen LogP contribution in [0.25, 0.3) is 0 Å². The van der Waals surface area contributed by atoms with E-state index in [1.807, 2.05) is 0 Å². The molecule has 1 saturated carbocycles. The molecule has 0 N–H and O–H groups in total. The van der Waals surface area contributed by atoms with Crippen molar-refractivity contribution in [1.29, 1.82) is 5.26 Å². The van der Waals surface area contributed by atoms with E-state index in [-0.39, 0.29) is 17.4 Å². The third-order valence-corrected chi connectivity index (χ3v) is 3.94. The van der Waals surface area contributed by atoms with E-state index < -0.39 is 0 Å². The molecule has 1 aromatic carbocycles. The molecule has 1 aromatic rings. The number of hydrogen-bond acceptors (Lipinski definition) is 2. The van der Waals surface area contributed by atoms with E-state index in [0.29, 0.717) is 0 Å². The van der Waals surface area contributed by atoms with Crippen molar-refractivity contribution in [1.82, 2.24) is 0 Å². The number of nitriles is 1. The van der Waals surface area contributed by atoms with Gasteiger partial charge in [0.1, 0.15) is 11.9 Å². The molecule has 0 spiro atoms. The molecule has 102 valence electrons. The van der Waals surface area contributed by atoms with E-state index in [9.17, 15) is 0 Å². The average Bonchev–Trinajstić information content (AvgIpc) is 2.77. The molecule has 0 heterocycles. The Bertz CT molecular complexity index is 493. The molecule has 1 aliphatic carbocycles. The second-order valence-electron chi connectivity index (χ2n) is 6.55. The van der Waals surface area contributed by atoms with Crippen LogP contribution in [-0.4, -0.2) is 6.10 Å². The maximum Gasteiger partial charge on any atom is 0.122 e. The van der Waals surface area contributed by atoms with Gasteiger partial charge < -0.3 is 4.74 Å². The topological polar surface area (TPSA) is 33.0 Å². The molecule has 0 amide bonds. The van der Waals surface area contributed by atoms with Gasteiger partial charge in [-0.25, -0.2) is 0 Å². The molecular formula is C17H23NO. The van der Waals surface area contributed by atoms with Crippen LogP contribution >= 0.6 is 0 Å². The Balaban J connectivity index is 2.16. The second-order valence-corrected chi connectivity index (χ2v) is 6.55. The maximum atomic E-state index is 9.10. The second kappa shape index (κ2) is 5.25. The van der Waals surface area contributed by atoms with Crippen LogP contribution in [-0.2, 0) is 5.41 Å². The molecule has 2 atom stereocenters. The summed E-state index contributed by atoms with van der Waals surface area (Å²) in [7, 11) is 0. The minimum absolute atomic E-state index is 0.0571. The molecule has 2 nitrogen and oxygen atoms in total. The lowest BCUT2D eigenvalue weighted by atomic mass is 9.86. The highest BCUT2D eigenvalue weighted by Gasteiger charge is 2.29. The summed E-state index contributed by atoms with van der Waals surface area (Å²) < 4.78 is 6.05. The first-order valence-electron chi connectivity index (χ1n) is 7.09. The van der Waals surface area contributed by atoms with E-state index in [4.69, 9.17) is 10.00 Å². The molecule has 2 heteroatoms. The normalized spacial score (nSPS) is 23.1. The zero-order valence-corrected chi connectivity index (χ0v) is 12.4. The fraction of sp³-hybridized carbons (Fsp3) is 0.588. The first-order chi connectivity index (χ1) is 8.91. The number of aryl methyl sites for hydroxylation is 1. The van der Waals surface area contributed by atoms with Crippen molar-refractivity contribution in [3.8, 4) is 11.8 Å². The van der Waals surface area contributed by atoms with Gasteiger partial charge in [0.2, 0.25) is 0 Å². The van der Waals surface area contributed by atoms with Crippen LogP contribution in [0.1, 0.15) is 51.2 Å². The zero-order chi connectivity index (χ0) is 14.0. The highest BCUT2D eigenvalue weighted by molar-refractivity contribution is 5.39. The molecule has 1 aliphatic rings. The van der Waals surface area contributed by atoms with Crippen LogP contribution < -0.4 is 4.74 Å². The molecule has 0 aliphatic heterocycles. The Kier molecular flexibility index (Phi) is 3.85. The van der Waals surface area contributed by atoms with Gasteiger partial charge in [-0.3, -0.25) is 0 Å². The summed E-state index contributed by atoms with van der Waals surface area (Å²) in [6.07, 6.45) is 3.14. The van der Waals surface area contributed by atoms with Gasteiger partial charge >= 0.3 is 0 Å². The number of benzene rings is 1. The van der Waals surface area contributed by atoms with Crippen molar-refractivity contribution in [2.45, 2.75) is 58.5 Å². The van der Waals surface area contributed by atoms with Crippen molar-refractivity contribution in [2.75, 3.05) is 0 Å². The predicted octanol–water partition coefficient (Wildman–Crippen LogP) is 4.36. The quantitative estimate of drug-likeness (QED) is 0.788. The molecule has 0 aromatic heterocycles. The van der Waals surface area contributed by atoms with Crippen molar-refractivity contribution in [3.63, 3.8) is 0 Å². The summed E-state index contributed by atoms with van der Waals surface area (Å²) in [4.78, 5) is 0. The summed E-state index contributed by atoms with van der Waals surface area (Å²) in [6, 6.07) is 8.76. The van der Waals surface area contributed by atoms with Crippen LogP contribution in [0.3, 0.4) is 0 Å². The SMILES string of the molecule is Cc1cc(C(C)(C)C)ccc1OC1CCCC1C#N. The Morgan fingerprint density at radius 3 is 2.58 bits per heavy atom. The third-order valence-electron chi connectivity index (χ3n) is 3.94. The number of rotatable bonds is 2. The lowest BCUT2D eigenvalue weighted by Gasteiger charge is -2.22.